The van der Waals surface area contributed by atoms with Crippen LogP contribution in [0.2, 0.25) is 0 Å². The molecule has 0 heterocycles. The maximum absolute atomic E-state index is 11.9. The van der Waals surface area contributed by atoms with Crippen LogP contribution in [0.1, 0.15) is 35.3 Å². The lowest BCUT2D eigenvalue weighted by Crippen LogP contribution is -2.21. The Kier molecular flexibility index (Phi) is 8.73. The molecule has 2 aromatic rings. The van der Waals surface area contributed by atoms with Gasteiger partial charge in [0.25, 0.3) is 5.91 Å². The molecule has 0 atom stereocenters. The third kappa shape index (κ3) is 7.27. The Hall–Kier alpha value is -2.80. The smallest absolute Gasteiger partial charge is 0.316 e. The van der Waals surface area contributed by atoms with E-state index in [1.807, 2.05) is 24.3 Å². The number of Topliss-reactive ketones (excluding diaryl/α,β-unsaturated/α-hetero) is 1. The van der Waals surface area contributed by atoms with Gasteiger partial charge in [-0.15, -0.1) is 11.8 Å². The van der Waals surface area contributed by atoms with Gasteiger partial charge in [-0.3, -0.25) is 14.4 Å². The number of nitrogens with one attached hydrogen (secondary N) is 1. The molecule has 0 aliphatic heterocycles. The molecule has 29 heavy (non-hydrogen) atoms. The van der Waals surface area contributed by atoms with Gasteiger partial charge in [0.1, 0.15) is 5.75 Å². The number of esters is 1. The quantitative estimate of drug-likeness (QED) is 0.469. The van der Waals surface area contributed by atoms with Crippen LogP contribution in [0.4, 0.5) is 5.69 Å². The lowest BCUT2D eigenvalue weighted by Gasteiger charge is -2.10. The molecule has 0 saturated carbocycles. The number of amides is 1. The number of rotatable bonds is 10. The Labute approximate surface area is 175 Å². The fraction of sp³-hybridized carbons (Fsp3) is 0.318. The Morgan fingerprint density at radius 3 is 2.41 bits per heavy atom. The Morgan fingerprint density at radius 2 is 1.79 bits per heavy atom. The van der Waals surface area contributed by atoms with Gasteiger partial charge in [-0.1, -0.05) is 19.1 Å². The Balaban J connectivity index is 1.76. The first-order valence-corrected chi connectivity index (χ1v) is 10.4. The first-order chi connectivity index (χ1) is 13.9. The largest absolute Gasteiger partial charge is 0.496 e. The van der Waals surface area contributed by atoms with Crippen molar-refractivity contribution in [3.63, 3.8) is 0 Å². The second-order valence-electron chi connectivity index (χ2n) is 6.33. The van der Waals surface area contributed by atoms with Gasteiger partial charge in [0, 0.05) is 22.6 Å². The topological polar surface area (TPSA) is 81.7 Å². The fourth-order valence-electron chi connectivity index (χ4n) is 2.56. The molecule has 154 valence electrons. The van der Waals surface area contributed by atoms with Crippen LogP contribution in [-0.2, 0) is 26.5 Å². The van der Waals surface area contributed by atoms with E-state index in [0.717, 1.165) is 12.0 Å². The van der Waals surface area contributed by atoms with Crippen LogP contribution in [0.15, 0.2) is 42.5 Å². The lowest BCUT2D eigenvalue weighted by molar-refractivity contribution is -0.144. The predicted molar refractivity (Wildman–Crippen MR) is 115 cm³/mol. The van der Waals surface area contributed by atoms with Crippen molar-refractivity contribution in [3.05, 3.63) is 59.2 Å². The summed E-state index contributed by atoms with van der Waals surface area (Å²) < 4.78 is 10.3. The summed E-state index contributed by atoms with van der Waals surface area (Å²) in [4.78, 5) is 35.3. The van der Waals surface area contributed by atoms with Gasteiger partial charge < -0.3 is 14.8 Å². The zero-order valence-corrected chi connectivity index (χ0v) is 17.6. The van der Waals surface area contributed by atoms with Crippen molar-refractivity contribution in [1.29, 1.82) is 0 Å². The van der Waals surface area contributed by atoms with Crippen LogP contribution in [-0.4, -0.2) is 37.1 Å². The van der Waals surface area contributed by atoms with Crippen LogP contribution in [0, 0.1) is 0 Å². The zero-order valence-electron chi connectivity index (χ0n) is 16.8. The number of hydrogen-bond acceptors (Lipinski definition) is 6. The van der Waals surface area contributed by atoms with Crippen LogP contribution in [0.5, 0.6) is 5.75 Å². The summed E-state index contributed by atoms with van der Waals surface area (Å²) in [5.74, 6) is 0.330. The molecular formula is C22H25NO5S. The van der Waals surface area contributed by atoms with Crippen molar-refractivity contribution in [2.75, 3.05) is 24.8 Å². The number of ketones is 1. The highest BCUT2D eigenvalue weighted by Crippen LogP contribution is 2.25. The number of carbonyl (C=O) groups excluding carboxylic acids is 3. The molecule has 1 amide bonds. The highest BCUT2D eigenvalue weighted by molar-refractivity contribution is 7.99. The van der Waals surface area contributed by atoms with Crippen molar-refractivity contribution >= 4 is 35.1 Å². The van der Waals surface area contributed by atoms with E-state index in [1.165, 1.54) is 24.2 Å². The molecule has 0 spiro atoms. The summed E-state index contributed by atoms with van der Waals surface area (Å²) >= 11 is 1.33. The molecule has 2 rings (SSSR count). The number of benzene rings is 2. The monoisotopic (exact) mass is 415 g/mol. The van der Waals surface area contributed by atoms with Gasteiger partial charge >= 0.3 is 5.97 Å². The fourth-order valence-corrected chi connectivity index (χ4v) is 3.36. The minimum absolute atomic E-state index is 0.0336. The zero-order chi connectivity index (χ0) is 21.2. The van der Waals surface area contributed by atoms with Gasteiger partial charge in [0.05, 0.1) is 12.9 Å². The average Bonchev–Trinajstić information content (AvgIpc) is 2.72. The normalized spacial score (nSPS) is 10.3. The van der Waals surface area contributed by atoms with Crippen LogP contribution in [0.25, 0.3) is 0 Å². The van der Waals surface area contributed by atoms with E-state index < -0.39 is 5.97 Å². The SMILES string of the molecule is CCc1ccc(NC(=O)COC(=O)CSCc2cc(C(C)=O)ccc2OC)cc1. The lowest BCUT2D eigenvalue weighted by atomic mass is 10.1. The van der Waals surface area contributed by atoms with Crippen molar-refractivity contribution in [3.8, 4) is 5.75 Å². The van der Waals surface area contributed by atoms with E-state index in [2.05, 4.69) is 12.2 Å². The molecule has 0 aromatic heterocycles. The van der Waals surface area contributed by atoms with Gasteiger partial charge in [-0.2, -0.15) is 0 Å². The predicted octanol–water partition coefficient (Wildman–Crippen LogP) is 3.88. The summed E-state index contributed by atoms with van der Waals surface area (Å²) in [6, 6.07) is 12.7. The molecule has 0 unspecified atom stereocenters. The minimum Gasteiger partial charge on any atom is -0.496 e. The molecular weight excluding hydrogens is 390 g/mol. The minimum atomic E-state index is -0.479. The molecule has 0 radical (unpaired) electrons. The first-order valence-electron chi connectivity index (χ1n) is 9.23. The second kappa shape index (κ2) is 11.3. The molecule has 0 fully saturated rings. The van der Waals surface area contributed by atoms with Crippen molar-refractivity contribution < 1.29 is 23.9 Å². The molecule has 7 heteroatoms. The maximum atomic E-state index is 11.9. The van der Waals surface area contributed by atoms with E-state index in [1.54, 1.807) is 25.3 Å². The summed E-state index contributed by atoms with van der Waals surface area (Å²) in [6.07, 6.45) is 0.925. The van der Waals surface area contributed by atoms with Gasteiger partial charge in [0.15, 0.2) is 12.4 Å². The highest BCUT2D eigenvalue weighted by atomic mass is 32.2. The highest BCUT2D eigenvalue weighted by Gasteiger charge is 2.11. The number of carbonyl (C=O) groups is 3. The van der Waals surface area contributed by atoms with Crippen molar-refractivity contribution in [2.24, 2.45) is 0 Å². The second-order valence-corrected chi connectivity index (χ2v) is 7.32. The first kappa shape index (κ1) is 22.5. The average molecular weight is 416 g/mol. The van der Waals surface area contributed by atoms with Crippen LogP contribution < -0.4 is 10.1 Å². The number of aryl methyl sites for hydroxylation is 1. The summed E-state index contributed by atoms with van der Waals surface area (Å²) in [7, 11) is 1.56. The molecule has 6 nitrogen and oxygen atoms in total. The molecule has 1 N–H and O–H groups in total. The molecule has 0 aliphatic carbocycles. The van der Waals surface area contributed by atoms with Gasteiger partial charge in [0.2, 0.25) is 0 Å². The van der Waals surface area contributed by atoms with Crippen LogP contribution in [0.3, 0.4) is 0 Å². The number of thioether (sulfide) groups is 1. The van der Waals surface area contributed by atoms with Gasteiger partial charge in [-0.05, 0) is 49.2 Å². The number of anilines is 1. The van der Waals surface area contributed by atoms with Crippen molar-refractivity contribution in [2.45, 2.75) is 26.0 Å². The number of ether oxygens (including phenoxy) is 2. The molecule has 0 saturated heterocycles. The maximum Gasteiger partial charge on any atom is 0.316 e. The molecule has 0 bridgehead atoms. The summed E-state index contributed by atoms with van der Waals surface area (Å²) in [5.41, 5.74) is 3.26. The third-order valence-corrected chi connectivity index (χ3v) is 5.13. The van der Waals surface area contributed by atoms with E-state index in [0.29, 0.717) is 22.8 Å². The number of hydrogen-bond donors (Lipinski definition) is 1. The standard InChI is InChI=1S/C22H25NO5S/c1-4-16-5-8-19(9-6-16)23-21(25)12-28-22(26)14-29-13-18-11-17(15(2)24)7-10-20(18)27-3/h5-11H,4,12-14H2,1-3H3,(H,23,25). The summed E-state index contributed by atoms with van der Waals surface area (Å²) in [6.45, 7) is 3.22. The van der Waals surface area contributed by atoms with E-state index in [4.69, 9.17) is 9.47 Å². The third-order valence-electron chi connectivity index (χ3n) is 4.17. The van der Waals surface area contributed by atoms with Crippen LogP contribution >= 0.6 is 11.8 Å². The molecule has 0 aliphatic rings. The van der Waals surface area contributed by atoms with Crippen molar-refractivity contribution in [1.82, 2.24) is 0 Å². The van der Waals surface area contributed by atoms with E-state index >= 15 is 0 Å². The Bertz CT molecular complexity index is 864. The number of methoxy groups -OCH3 is 1. The molecule has 2 aromatic carbocycles. The Morgan fingerprint density at radius 1 is 1.07 bits per heavy atom. The van der Waals surface area contributed by atoms with E-state index in [-0.39, 0.29) is 24.1 Å². The van der Waals surface area contributed by atoms with Gasteiger partial charge in [-0.25, -0.2) is 0 Å². The summed E-state index contributed by atoms with van der Waals surface area (Å²) in [5, 5.41) is 2.69. The van der Waals surface area contributed by atoms with E-state index in [9.17, 15) is 14.4 Å².